The van der Waals surface area contributed by atoms with E-state index >= 15 is 0 Å². The third-order valence-corrected chi connectivity index (χ3v) is 4.30. The Morgan fingerprint density at radius 1 is 0.429 bits per heavy atom. The SMILES string of the molecule is CCCCOCCOCCOCCOCCOCCOCCOCCOCCOCCC(=O)OC. The smallest absolute Gasteiger partial charge is 0.307 e. The highest BCUT2D eigenvalue weighted by atomic mass is 16.6. The molecule has 0 aliphatic heterocycles. The summed E-state index contributed by atoms with van der Waals surface area (Å²) in [6, 6.07) is 0. The molecule has 11 heteroatoms. The number of hydrogen-bond acceptors (Lipinski definition) is 11. The van der Waals surface area contributed by atoms with E-state index in [0.717, 1.165) is 19.4 Å². The molecule has 0 amide bonds. The molecule has 0 rings (SSSR count). The first kappa shape index (κ1) is 34.1. The van der Waals surface area contributed by atoms with Crippen LogP contribution in [0.2, 0.25) is 0 Å². The molecule has 0 bridgehead atoms. The lowest BCUT2D eigenvalue weighted by atomic mass is 10.4. The van der Waals surface area contributed by atoms with Crippen LogP contribution in [0.15, 0.2) is 0 Å². The number of carbonyl (C=O) groups is 1. The summed E-state index contributed by atoms with van der Waals surface area (Å²) in [6.07, 6.45) is 2.49. The van der Waals surface area contributed by atoms with E-state index in [2.05, 4.69) is 11.7 Å². The molecule has 0 radical (unpaired) electrons. The maximum atomic E-state index is 10.9. The van der Waals surface area contributed by atoms with Crippen molar-refractivity contribution >= 4 is 5.97 Å². The van der Waals surface area contributed by atoms with Gasteiger partial charge in [-0.05, 0) is 6.42 Å². The van der Waals surface area contributed by atoms with Crippen LogP contribution >= 0.6 is 0 Å². The Morgan fingerprint density at radius 2 is 0.686 bits per heavy atom. The number of hydrogen-bond donors (Lipinski definition) is 0. The number of esters is 1. The van der Waals surface area contributed by atoms with Gasteiger partial charge >= 0.3 is 5.97 Å². The van der Waals surface area contributed by atoms with Crippen LogP contribution < -0.4 is 0 Å². The van der Waals surface area contributed by atoms with E-state index < -0.39 is 0 Å². The number of rotatable bonds is 30. The molecule has 0 N–H and O–H groups in total. The highest BCUT2D eigenvalue weighted by molar-refractivity contribution is 5.69. The van der Waals surface area contributed by atoms with Crippen molar-refractivity contribution in [3.05, 3.63) is 0 Å². The minimum atomic E-state index is -0.281. The summed E-state index contributed by atoms with van der Waals surface area (Å²) in [7, 11) is 1.35. The van der Waals surface area contributed by atoms with E-state index in [1.807, 2.05) is 0 Å². The molecule has 0 saturated carbocycles. The van der Waals surface area contributed by atoms with Crippen molar-refractivity contribution in [2.75, 3.05) is 126 Å². The molecule has 0 aromatic carbocycles. The van der Waals surface area contributed by atoms with Gasteiger partial charge in [0.2, 0.25) is 0 Å². The molecule has 0 saturated heterocycles. The Kier molecular flexibility index (Phi) is 30.3. The highest BCUT2D eigenvalue weighted by Gasteiger charge is 1.99. The summed E-state index contributed by atoms with van der Waals surface area (Å²) in [6.45, 7) is 11.6. The molecule has 0 aliphatic carbocycles. The zero-order chi connectivity index (χ0) is 25.5. The van der Waals surface area contributed by atoms with Crippen molar-refractivity contribution in [3.8, 4) is 0 Å². The Labute approximate surface area is 210 Å². The predicted octanol–water partition coefficient (Wildman–Crippen LogP) is 1.50. The van der Waals surface area contributed by atoms with Crippen molar-refractivity contribution in [1.82, 2.24) is 0 Å². The summed E-state index contributed by atoms with van der Waals surface area (Å²) in [5, 5.41) is 0. The quantitative estimate of drug-likeness (QED) is 0.103. The van der Waals surface area contributed by atoms with E-state index in [9.17, 15) is 4.79 Å². The van der Waals surface area contributed by atoms with Gasteiger partial charge in [0.1, 0.15) is 0 Å². The molecule has 35 heavy (non-hydrogen) atoms. The molecule has 0 aromatic rings. The number of ether oxygens (including phenoxy) is 10. The van der Waals surface area contributed by atoms with Crippen LogP contribution in [0.3, 0.4) is 0 Å². The van der Waals surface area contributed by atoms with E-state index in [1.54, 1.807) is 0 Å². The normalized spacial score (nSPS) is 11.3. The van der Waals surface area contributed by atoms with Gasteiger partial charge in [-0.2, -0.15) is 0 Å². The topological polar surface area (TPSA) is 109 Å². The molecule has 0 fully saturated rings. The van der Waals surface area contributed by atoms with Crippen molar-refractivity contribution in [1.29, 1.82) is 0 Å². The first-order chi connectivity index (χ1) is 17.3. The van der Waals surface area contributed by atoms with Gasteiger partial charge in [0.25, 0.3) is 0 Å². The van der Waals surface area contributed by atoms with Crippen LogP contribution in [0.5, 0.6) is 0 Å². The average Bonchev–Trinajstić information content (AvgIpc) is 2.87. The summed E-state index contributed by atoms with van der Waals surface area (Å²) in [4.78, 5) is 10.9. The minimum Gasteiger partial charge on any atom is -0.469 e. The van der Waals surface area contributed by atoms with Crippen LogP contribution in [0.4, 0.5) is 0 Å². The first-order valence-electron chi connectivity index (χ1n) is 12.6. The third kappa shape index (κ3) is 31.1. The van der Waals surface area contributed by atoms with Crippen LogP contribution in [0.1, 0.15) is 26.2 Å². The molecule has 0 spiro atoms. The van der Waals surface area contributed by atoms with Crippen molar-refractivity contribution in [2.45, 2.75) is 26.2 Å². The summed E-state index contributed by atoms with van der Waals surface area (Å²) in [5.74, 6) is -0.281. The van der Waals surface area contributed by atoms with E-state index in [0.29, 0.717) is 112 Å². The Morgan fingerprint density at radius 3 is 0.943 bits per heavy atom. The summed E-state index contributed by atoms with van der Waals surface area (Å²) >= 11 is 0. The van der Waals surface area contributed by atoms with Crippen molar-refractivity contribution < 1.29 is 52.2 Å². The fourth-order valence-corrected chi connectivity index (χ4v) is 2.37. The summed E-state index contributed by atoms with van der Waals surface area (Å²) in [5.41, 5.74) is 0. The van der Waals surface area contributed by atoms with Crippen LogP contribution in [0.25, 0.3) is 0 Å². The molecular formula is C24H48O11. The molecule has 210 valence electrons. The number of methoxy groups -OCH3 is 1. The fraction of sp³-hybridized carbons (Fsp3) is 0.958. The second kappa shape index (κ2) is 31.1. The minimum absolute atomic E-state index is 0.251. The van der Waals surface area contributed by atoms with Gasteiger partial charge in [-0.15, -0.1) is 0 Å². The average molecular weight is 513 g/mol. The molecule has 0 atom stereocenters. The Balaban J connectivity index is 3.02. The van der Waals surface area contributed by atoms with Gasteiger partial charge in [-0.1, -0.05) is 13.3 Å². The molecule has 0 aromatic heterocycles. The van der Waals surface area contributed by atoms with Crippen LogP contribution in [-0.2, 0) is 52.2 Å². The molecular weight excluding hydrogens is 464 g/mol. The lowest BCUT2D eigenvalue weighted by Crippen LogP contribution is -2.15. The van der Waals surface area contributed by atoms with Gasteiger partial charge in [-0.25, -0.2) is 0 Å². The van der Waals surface area contributed by atoms with Crippen molar-refractivity contribution in [3.63, 3.8) is 0 Å². The third-order valence-electron chi connectivity index (χ3n) is 4.30. The van der Waals surface area contributed by atoms with Gasteiger partial charge in [-0.3, -0.25) is 4.79 Å². The molecule has 0 unspecified atom stereocenters. The molecule has 11 nitrogen and oxygen atoms in total. The standard InChI is InChI=1S/C24H48O11/c1-3-4-6-27-8-10-29-12-14-31-16-18-33-20-22-35-23-21-34-19-17-32-15-13-30-11-9-28-7-5-24(25)26-2/h3-23H2,1-2H3. The van der Waals surface area contributed by atoms with E-state index in [-0.39, 0.29) is 12.4 Å². The Bertz CT molecular complexity index is 413. The first-order valence-corrected chi connectivity index (χ1v) is 12.6. The highest BCUT2D eigenvalue weighted by Crippen LogP contribution is 1.89. The molecule has 0 heterocycles. The largest absolute Gasteiger partial charge is 0.469 e. The maximum Gasteiger partial charge on any atom is 0.307 e. The Hall–Kier alpha value is -0.890. The predicted molar refractivity (Wildman–Crippen MR) is 129 cm³/mol. The number of unbranched alkanes of at least 4 members (excludes halogenated alkanes) is 1. The van der Waals surface area contributed by atoms with E-state index in [4.69, 9.17) is 42.6 Å². The zero-order valence-electron chi connectivity index (χ0n) is 21.8. The lowest BCUT2D eigenvalue weighted by Gasteiger charge is -2.09. The zero-order valence-corrected chi connectivity index (χ0v) is 21.8. The van der Waals surface area contributed by atoms with Gasteiger partial charge in [0, 0.05) is 6.61 Å². The molecule has 0 aliphatic rings. The van der Waals surface area contributed by atoms with E-state index in [1.165, 1.54) is 7.11 Å². The van der Waals surface area contributed by atoms with Crippen LogP contribution in [0, 0.1) is 0 Å². The maximum absolute atomic E-state index is 10.9. The monoisotopic (exact) mass is 512 g/mol. The van der Waals surface area contributed by atoms with Gasteiger partial charge in [0.05, 0.1) is 126 Å². The second-order valence-corrected chi connectivity index (χ2v) is 7.19. The summed E-state index contributed by atoms with van der Waals surface area (Å²) < 4.78 is 53.1. The van der Waals surface area contributed by atoms with Crippen molar-refractivity contribution in [2.24, 2.45) is 0 Å². The van der Waals surface area contributed by atoms with Gasteiger partial charge < -0.3 is 47.4 Å². The second-order valence-electron chi connectivity index (χ2n) is 7.19. The number of carbonyl (C=O) groups excluding carboxylic acids is 1. The fourth-order valence-electron chi connectivity index (χ4n) is 2.37. The van der Waals surface area contributed by atoms with Crippen LogP contribution in [-0.4, -0.2) is 132 Å². The lowest BCUT2D eigenvalue weighted by molar-refractivity contribution is -0.141. The van der Waals surface area contributed by atoms with Gasteiger partial charge in [0.15, 0.2) is 0 Å².